The molecule has 1 saturated heterocycles. The van der Waals surface area contributed by atoms with E-state index in [1.807, 2.05) is 25.1 Å². The minimum atomic E-state index is -3.68. The zero-order valence-corrected chi connectivity index (χ0v) is 18.7. The Hall–Kier alpha value is -1.96. The van der Waals surface area contributed by atoms with Crippen LogP contribution in [0.3, 0.4) is 0 Å². The Morgan fingerprint density at radius 1 is 1.17 bits per heavy atom. The summed E-state index contributed by atoms with van der Waals surface area (Å²) in [5.41, 5.74) is 4.67. The summed E-state index contributed by atoms with van der Waals surface area (Å²) in [6.45, 7) is 4.71. The van der Waals surface area contributed by atoms with Crippen molar-refractivity contribution < 1.29 is 13.2 Å². The second-order valence-electron chi connectivity index (χ2n) is 8.28. The lowest BCUT2D eigenvalue weighted by Gasteiger charge is -2.23. The van der Waals surface area contributed by atoms with E-state index in [1.54, 1.807) is 12.1 Å². The van der Waals surface area contributed by atoms with Gasteiger partial charge in [0.2, 0.25) is 0 Å². The second kappa shape index (κ2) is 9.04. The predicted molar refractivity (Wildman–Crippen MR) is 118 cm³/mol. The maximum absolute atomic E-state index is 13.1. The summed E-state index contributed by atoms with van der Waals surface area (Å²) < 4.78 is 34.7. The SMILES string of the molecule is CCc1nc2c(cc1NS(=O)(=O)c1ccc([C@H]3CCCCO3)cc1)CCN(C)CC2. The maximum Gasteiger partial charge on any atom is 0.261 e. The second-order valence-corrected chi connectivity index (χ2v) is 9.96. The number of hydrogen-bond donors (Lipinski definition) is 1. The van der Waals surface area contributed by atoms with Gasteiger partial charge in [-0.2, -0.15) is 0 Å². The van der Waals surface area contributed by atoms with Crippen molar-refractivity contribution in [3.63, 3.8) is 0 Å². The Morgan fingerprint density at radius 3 is 2.63 bits per heavy atom. The molecule has 2 aliphatic heterocycles. The summed E-state index contributed by atoms with van der Waals surface area (Å²) in [6.07, 6.45) is 5.76. The minimum absolute atomic E-state index is 0.0714. The fourth-order valence-corrected chi connectivity index (χ4v) is 5.29. The fourth-order valence-electron chi connectivity index (χ4n) is 4.22. The Balaban J connectivity index is 1.57. The lowest BCUT2D eigenvalue weighted by Crippen LogP contribution is -2.20. The molecule has 0 saturated carbocycles. The first kappa shape index (κ1) is 21.3. The quantitative estimate of drug-likeness (QED) is 0.784. The van der Waals surface area contributed by atoms with Crippen molar-refractivity contribution in [2.24, 2.45) is 0 Å². The van der Waals surface area contributed by atoms with Gasteiger partial charge in [0.15, 0.2) is 0 Å². The highest BCUT2D eigenvalue weighted by atomic mass is 32.2. The van der Waals surface area contributed by atoms with E-state index in [4.69, 9.17) is 9.72 Å². The van der Waals surface area contributed by atoms with E-state index in [1.165, 1.54) is 0 Å². The normalized spacial score (nSPS) is 20.4. The van der Waals surface area contributed by atoms with Crippen LogP contribution in [0.4, 0.5) is 5.69 Å². The van der Waals surface area contributed by atoms with E-state index in [0.717, 1.165) is 74.3 Å². The maximum atomic E-state index is 13.1. The van der Waals surface area contributed by atoms with Crippen molar-refractivity contribution in [3.05, 3.63) is 52.8 Å². The molecule has 6 nitrogen and oxygen atoms in total. The molecule has 0 aliphatic carbocycles. The molecule has 1 atom stereocenters. The Labute approximate surface area is 179 Å². The van der Waals surface area contributed by atoms with E-state index in [-0.39, 0.29) is 11.0 Å². The highest BCUT2D eigenvalue weighted by molar-refractivity contribution is 7.92. The largest absolute Gasteiger partial charge is 0.374 e. The van der Waals surface area contributed by atoms with Gasteiger partial charge < -0.3 is 9.64 Å². The molecule has 0 spiro atoms. The molecule has 2 aliphatic rings. The van der Waals surface area contributed by atoms with Crippen LogP contribution in [0.1, 0.15) is 54.8 Å². The van der Waals surface area contributed by atoms with E-state index in [0.29, 0.717) is 12.1 Å². The molecule has 0 unspecified atom stereocenters. The minimum Gasteiger partial charge on any atom is -0.374 e. The number of nitrogens with zero attached hydrogens (tertiary/aromatic N) is 2. The molecule has 1 aromatic heterocycles. The molecule has 0 bridgehead atoms. The molecule has 0 radical (unpaired) electrons. The van der Waals surface area contributed by atoms with Gasteiger partial charge >= 0.3 is 0 Å². The van der Waals surface area contributed by atoms with E-state index < -0.39 is 10.0 Å². The van der Waals surface area contributed by atoms with Gasteiger partial charge in [-0.25, -0.2) is 8.42 Å². The predicted octanol–water partition coefficient (Wildman–Crippen LogP) is 3.72. The van der Waals surface area contributed by atoms with Crippen molar-refractivity contribution in [1.82, 2.24) is 9.88 Å². The molecule has 0 amide bonds. The lowest BCUT2D eigenvalue weighted by atomic mass is 10.0. The van der Waals surface area contributed by atoms with Crippen molar-refractivity contribution in [1.29, 1.82) is 0 Å². The Kier molecular flexibility index (Phi) is 6.41. The van der Waals surface area contributed by atoms with Crippen molar-refractivity contribution in [2.75, 3.05) is 31.5 Å². The van der Waals surface area contributed by atoms with Crippen LogP contribution < -0.4 is 4.72 Å². The summed E-state index contributed by atoms with van der Waals surface area (Å²) in [7, 11) is -1.57. The highest BCUT2D eigenvalue weighted by Gasteiger charge is 2.21. The topological polar surface area (TPSA) is 71.5 Å². The lowest BCUT2D eigenvalue weighted by molar-refractivity contribution is 0.0149. The first-order valence-electron chi connectivity index (χ1n) is 10.9. The van der Waals surface area contributed by atoms with Gasteiger partial charge in [0.1, 0.15) is 0 Å². The van der Waals surface area contributed by atoms with E-state index in [9.17, 15) is 8.42 Å². The van der Waals surface area contributed by atoms with Crippen LogP contribution in [0, 0.1) is 0 Å². The molecular formula is C23H31N3O3S. The van der Waals surface area contributed by atoms with Gasteiger partial charge in [-0.15, -0.1) is 0 Å². The van der Waals surface area contributed by atoms with Crippen LogP contribution in [0.2, 0.25) is 0 Å². The number of ether oxygens (including phenoxy) is 1. The first-order valence-corrected chi connectivity index (χ1v) is 12.4. The molecular weight excluding hydrogens is 398 g/mol. The van der Waals surface area contributed by atoms with Crippen molar-refractivity contribution >= 4 is 15.7 Å². The molecule has 2 aromatic rings. The summed E-state index contributed by atoms with van der Waals surface area (Å²) in [4.78, 5) is 7.36. The van der Waals surface area contributed by atoms with Crippen molar-refractivity contribution in [3.8, 4) is 0 Å². The fraction of sp³-hybridized carbons (Fsp3) is 0.522. The molecule has 7 heteroatoms. The number of hydrogen-bond acceptors (Lipinski definition) is 5. The monoisotopic (exact) mass is 429 g/mol. The van der Waals surface area contributed by atoms with Crippen LogP contribution in [-0.4, -0.2) is 45.0 Å². The van der Waals surface area contributed by atoms with Crippen LogP contribution >= 0.6 is 0 Å². The number of aromatic nitrogens is 1. The highest BCUT2D eigenvalue weighted by Crippen LogP contribution is 2.29. The number of anilines is 1. The summed E-state index contributed by atoms with van der Waals surface area (Å²) in [5, 5.41) is 0. The standard InChI is InChI=1S/C23H31N3O3S/c1-3-20-22(16-18-11-13-26(2)14-12-21(18)24-20)25-30(27,28)19-9-7-17(8-10-19)23-6-4-5-15-29-23/h7-10,16,23,25H,3-6,11-15H2,1-2H3/t23-/m1/s1. The van der Waals surface area contributed by atoms with Crippen LogP contribution in [0.25, 0.3) is 0 Å². The average Bonchev–Trinajstić information content (AvgIpc) is 2.95. The number of nitrogens with one attached hydrogen (secondary N) is 1. The smallest absolute Gasteiger partial charge is 0.261 e. The molecule has 1 N–H and O–H groups in total. The number of benzene rings is 1. The number of fused-ring (bicyclic) bond motifs is 1. The van der Waals surface area contributed by atoms with Gasteiger partial charge in [0.25, 0.3) is 10.0 Å². The number of pyridine rings is 1. The van der Waals surface area contributed by atoms with Crippen LogP contribution in [0.15, 0.2) is 35.2 Å². The van der Waals surface area contributed by atoms with E-state index >= 15 is 0 Å². The van der Waals surface area contributed by atoms with Crippen molar-refractivity contribution in [2.45, 2.75) is 56.4 Å². The Morgan fingerprint density at radius 2 is 1.93 bits per heavy atom. The zero-order chi connectivity index (χ0) is 21.1. The van der Waals surface area contributed by atoms with Gasteiger partial charge in [-0.05, 0) is 68.5 Å². The van der Waals surface area contributed by atoms with Gasteiger partial charge in [-0.3, -0.25) is 9.71 Å². The Bertz CT molecular complexity index is 983. The molecule has 30 heavy (non-hydrogen) atoms. The van der Waals surface area contributed by atoms with E-state index in [2.05, 4.69) is 16.7 Å². The molecule has 1 aromatic carbocycles. The summed E-state index contributed by atoms with van der Waals surface area (Å²) >= 11 is 0. The third-order valence-electron chi connectivity index (χ3n) is 6.08. The molecule has 4 rings (SSSR count). The summed E-state index contributed by atoms with van der Waals surface area (Å²) in [5.74, 6) is 0. The van der Waals surface area contributed by atoms with Gasteiger partial charge in [-0.1, -0.05) is 19.1 Å². The number of sulfonamides is 1. The van der Waals surface area contributed by atoms with Gasteiger partial charge in [0.05, 0.1) is 22.4 Å². The third kappa shape index (κ3) is 4.68. The number of aryl methyl sites for hydroxylation is 1. The number of rotatable bonds is 5. The molecule has 1 fully saturated rings. The summed E-state index contributed by atoms with van der Waals surface area (Å²) in [6, 6.07) is 9.08. The molecule has 162 valence electrons. The third-order valence-corrected chi connectivity index (χ3v) is 7.47. The van der Waals surface area contributed by atoms with Crippen LogP contribution in [-0.2, 0) is 34.0 Å². The first-order chi connectivity index (χ1) is 14.5. The average molecular weight is 430 g/mol. The number of likely N-dealkylation sites (N-methyl/N-ethyl adjacent to an activating group) is 1. The van der Waals surface area contributed by atoms with Crippen LogP contribution in [0.5, 0.6) is 0 Å². The molecule has 3 heterocycles. The van der Waals surface area contributed by atoms with Gasteiger partial charge in [0, 0.05) is 31.8 Å². The zero-order valence-electron chi connectivity index (χ0n) is 17.9.